The number of anilines is 2. The summed E-state index contributed by atoms with van der Waals surface area (Å²) in [6.07, 6.45) is 5.07. The summed E-state index contributed by atoms with van der Waals surface area (Å²) in [6.45, 7) is 4.16. The average molecular weight is 235 g/mol. The van der Waals surface area contributed by atoms with Crippen LogP contribution in [0.1, 0.15) is 51.3 Å². The largest absolute Gasteiger partial charge is 0.367 e. The summed E-state index contributed by atoms with van der Waals surface area (Å²) in [5.41, 5.74) is 2.60. The smallest absolute Gasteiger partial charge is 0.145 e. The molecule has 4 N–H and O–H groups in total. The summed E-state index contributed by atoms with van der Waals surface area (Å²) in [7, 11) is 0. The van der Waals surface area contributed by atoms with Crippen molar-refractivity contribution in [2.24, 2.45) is 5.84 Å². The Kier molecular flexibility index (Phi) is 3.78. The summed E-state index contributed by atoms with van der Waals surface area (Å²) in [5, 5.41) is 3.46. The van der Waals surface area contributed by atoms with Gasteiger partial charge in [0.2, 0.25) is 0 Å². The van der Waals surface area contributed by atoms with Crippen LogP contribution in [0.15, 0.2) is 6.07 Å². The van der Waals surface area contributed by atoms with E-state index in [4.69, 9.17) is 5.84 Å². The zero-order chi connectivity index (χ0) is 12.3. The zero-order valence-electron chi connectivity index (χ0n) is 10.5. The molecule has 0 aromatic carbocycles. The third kappa shape index (κ3) is 3.06. The maximum Gasteiger partial charge on any atom is 0.145 e. The highest BCUT2D eigenvalue weighted by atomic mass is 15.3. The molecule has 1 fully saturated rings. The van der Waals surface area contributed by atoms with Gasteiger partial charge in [-0.1, -0.05) is 26.7 Å². The molecule has 5 heteroatoms. The highest BCUT2D eigenvalue weighted by molar-refractivity contribution is 5.47. The first kappa shape index (κ1) is 12.1. The van der Waals surface area contributed by atoms with Crippen molar-refractivity contribution in [2.75, 3.05) is 10.7 Å². The molecule has 0 radical (unpaired) electrons. The quantitative estimate of drug-likeness (QED) is 0.551. The predicted octanol–water partition coefficient (Wildman–Crippen LogP) is 2.24. The lowest BCUT2D eigenvalue weighted by molar-refractivity contribution is 0.735. The molecule has 0 amide bonds. The molecule has 1 aliphatic rings. The summed E-state index contributed by atoms with van der Waals surface area (Å²) in [6, 6.07) is 2.42. The van der Waals surface area contributed by atoms with Gasteiger partial charge in [0.25, 0.3) is 0 Å². The maximum absolute atomic E-state index is 5.43. The van der Waals surface area contributed by atoms with Gasteiger partial charge in [0.05, 0.1) is 0 Å². The summed E-state index contributed by atoms with van der Waals surface area (Å²) in [4.78, 5) is 8.87. The Hall–Kier alpha value is -1.36. The number of nitrogens with zero attached hydrogens (tertiary/aromatic N) is 2. The minimum absolute atomic E-state index is 0.299. The number of rotatable bonds is 4. The van der Waals surface area contributed by atoms with Gasteiger partial charge in [0.1, 0.15) is 17.5 Å². The molecular weight excluding hydrogens is 214 g/mol. The maximum atomic E-state index is 5.43. The predicted molar refractivity (Wildman–Crippen MR) is 69.8 cm³/mol. The molecule has 0 unspecified atom stereocenters. The van der Waals surface area contributed by atoms with E-state index in [-0.39, 0.29) is 0 Å². The number of nitrogen functional groups attached to an aromatic ring is 1. The van der Waals surface area contributed by atoms with Crippen molar-refractivity contribution >= 4 is 11.6 Å². The van der Waals surface area contributed by atoms with Crippen molar-refractivity contribution in [3.63, 3.8) is 0 Å². The van der Waals surface area contributed by atoms with Crippen LogP contribution in [0, 0.1) is 0 Å². The highest BCUT2D eigenvalue weighted by Crippen LogP contribution is 2.23. The van der Waals surface area contributed by atoms with Crippen LogP contribution in [-0.2, 0) is 0 Å². The summed E-state index contributed by atoms with van der Waals surface area (Å²) < 4.78 is 0. The van der Waals surface area contributed by atoms with E-state index in [9.17, 15) is 0 Å². The molecule has 0 spiro atoms. The molecule has 1 aromatic heterocycles. The van der Waals surface area contributed by atoms with Crippen molar-refractivity contribution in [3.05, 3.63) is 11.9 Å². The standard InChI is InChI=1S/C12H21N5/c1-8(2)12-15-10(7-11(16-12)17-13)14-9-5-3-4-6-9/h7-9H,3-6,13H2,1-2H3,(H2,14,15,16,17). The van der Waals surface area contributed by atoms with Crippen LogP contribution in [0.3, 0.4) is 0 Å². The van der Waals surface area contributed by atoms with E-state index in [0.29, 0.717) is 17.8 Å². The van der Waals surface area contributed by atoms with E-state index in [2.05, 4.69) is 34.6 Å². The Balaban J connectivity index is 2.16. The SMILES string of the molecule is CC(C)c1nc(NN)cc(NC2CCCC2)n1. The van der Waals surface area contributed by atoms with Gasteiger partial charge >= 0.3 is 0 Å². The third-order valence-corrected chi connectivity index (χ3v) is 3.11. The van der Waals surface area contributed by atoms with Crippen LogP contribution in [0.4, 0.5) is 11.6 Å². The second-order valence-electron chi connectivity index (χ2n) is 4.92. The number of hydrogen-bond donors (Lipinski definition) is 3. The van der Waals surface area contributed by atoms with Gasteiger partial charge in [-0.3, -0.25) is 0 Å². The van der Waals surface area contributed by atoms with Crippen molar-refractivity contribution in [1.82, 2.24) is 9.97 Å². The Bertz CT molecular complexity index is 371. The van der Waals surface area contributed by atoms with E-state index >= 15 is 0 Å². The molecule has 1 saturated carbocycles. The fraction of sp³-hybridized carbons (Fsp3) is 0.667. The fourth-order valence-corrected chi connectivity index (χ4v) is 2.15. The molecule has 94 valence electrons. The van der Waals surface area contributed by atoms with E-state index < -0.39 is 0 Å². The Morgan fingerprint density at radius 1 is 1.24 bits per heavy atom. The monoisotopic (exact) mass is 235 g/mol. The number of nitrogens with one attached hydrogen (secondary N) is 2. The zero-order valence-corrected chi connectivity index (χ0v) is 10.5. The summed E-state index contributed by atoms with van der Waals surface area (Å²) in [5.74, 6) is 8.10. The molecule has 1 aromatic rings. The van der Waals surface area contributed by atoms with Crippen LogP contribution in [0.25, 0.3) is 0 Å². The van der Waals surface area contributed by atoms with Crippen LogP contribution in [-0.4, -0.2) is 16.0 Å². The normalized spacial score (nSPS) is 16.5. The van der Waals surface area contributed by atoms with Gasteiger partial charge in [-0.05, 0) is 12.8 Å². The van der Waals surface area contributed by atoms with E-state index in [1.54, 1.807) is 0 Å². The summed E-state index contributed by atoms with van der Waals surface area (Å²) >= 11 is 0. The van der Waals surface area contributed by atoms with Gasteiger partial charge in [-0.2, -0.15) is 0 Å². The molecule has 0 bridgehead atoms. The van der Waals surface area contributed by atoms with Crippen LogP contribution >= 0.6 is 0 Å². The lowest BCUT2D eigenvalue weighted by Gasteiger charge is -2.15. The number of hydrazine groups is 1. The van der Waals surface area contributed by atoms with E-state index in [0.717, 1.165) is 11.6 Å². The average Bonchev–Trinajstić information content (AvgIpc) is 2.81. The molecule has 17 heavy (non-hydrogen) atoms. The van der Waals surface area contributed by atoms with Gasteiger partial charge in [-0.15, -0.1) is 0 Å². The first-order valence-corrected chi connectivity index (χ1v) is 6.31. The molecule has 1 aliphatic carbocycles. The molecular formula is C12H21N5. The fourth-order valence-electron chi connectivity index (χ4n) is 2.15. The molecule has 5 nitrogen and oxygen atoms in total. The lowest BCUT2D eigenvalue weighted by Crippen LogP contribution is -2.18. The van der Waals surface area contributed by atoms with E-state index in [1.165, 1.54) is 25.7 Å². The first-order chi connectivity index (χ1) is 8.19. The Morgan fingerprint density at radius 3 is 2.47 bits per heavy atom. The van der Waals surface area contributed by atoms with Crippen molar-refractivity contribution < 1.29 is 0 Å². The molecule has 0 atom stereocenters. The second-order valence-corrected chi connectivity index (χ2v) is 4.92. The minimum atomic E-state index is 0.299. The molecule has 0 aliphatic heterocycles. The topological polar surface area (TPSA) is 75.9 Å². The van der Waals surface area contributed by atoms with Gasteiger partial charge < -0.3 is 10.7 Å². The minimum Gasteiger partial charge on any atom is -0.367 e. The lowest BCUT2D eigenvalue weighted by atomic mass is 10.2. The number of nitrogens with two attached hydrogens (primary N) is 1. The third-order valence-electron chi connectivity index (χ3n) is 3.11. The molecule has 1 heterocycles. The Morgan fingerprint density at radius 2 is 1.88 bits per heavy atom. The van der Waals surface area contributed by atoms with Crippen LogP contribution < -0.4 is 16.6 Å². The van der Waals surface area contributed by atoms with Crippen molar-refractivity contribution in [1.29, 1.82) is 0 Å². The molecule has 2 rings (SSSR count). The number of hydrogen-bond acceptors (Lipinski definition) is 5. The van der Waals surface area contributed by atoms with E-state index in [1.807, 2.05) is 6.07 Å². The van der Waals surface area contributed by atoms with Crippen LogP contribution in [0.2, 0.25) is 0 Å². The van der Waals surface area contributed by atoms with Crippen molar-refractivity contribution in [3.8, 4) is 0 Å². The van der Waals surface area contributed by atoms with Gasteiger partial charge in [0.15, 0.2) is 0 Å². The van der Waals surface area contributed by atoms with Gasteiger partial charge in [-0.25, -0.2) is 15.8 Å². The Labute approximate surface area is 102 Å². The highest BCUT2D eigenvalue weighted by Gasteiger charge is 2.16. The van der Waals surface area contributed by atoms with Crippen LogP contribution in [0.5, 0.6) is 0 Å². The van der Waals surface area contributed by atoms with Crippen molar-refractivity contribution in [2.45, 2.75) is 51.5 Å². The second kappa shape index (κ2) is 5.31. The number of aromatic nitrogens is 2. The molecule has 0 saturated heterocycles. The first-order valence-electron chi connectivity index (χ1n) is 6.31. The van der Waals surface area contributed by atoms with Gasteiger partial charge in [0, 0.05) is 18.0 Å².